The van der Waals surface area contributed by atoms with Gasteiger partial charge in [0.05, 0.1) is 0 Å². The Morgan fingerprint density at radius 2 is 0.667 bits per heavy atom. The largest absolute Gasteiger partial charge is 0.329 e. The minimum atomic E-state index is 0. The van der Waals surface area contributed by atoms with Crippen LogP contribution < -0.4 is 22.9 Å². The van der Waals surface area contributed by atoms with Gasteiger partial charge >= 0.3 is 0 Å². The van der Waals surface area contributed by atoms with E-state index in [0.717, 1.165) is 0 Å². The van der Waals surface area contributed by atoms with Crippen molar-refractivity contribution in [3.63, 3.8) is 0 Å². The molecule has 8 N–H and O–H groups in total. The Labute approximate surface area is 70.6 Å². The predicted molar refractivity (Wildman–Crippen MR) is 36.2 cm³/mol. The van der Waals surface area contributed by atoms with Crippen molar-refractivity contribution in [3.05, 3.63) is 0 Å². The normalized spacial score (nSPS) is 6.67. The fourth-order valence-corrected chi connectivity index (χ4v) is 0. The minimum absolute atomic E-state index is 0. The average Bonchev–Trinajstić information content (AvgIpc) is 1.88. The molecule has 0 aromatic carbocycles. The van der Waals surface area contributed by atoms with Gasteiger partial charge in [0.2, 0.25) is 0 Å². The van der Waals surface area contributed by atoms with Gasteiger partial charge in [0.1, 0.15) is 0 Å². The monoisotopic (exact) mass is 315 g/mol. The zero-order chi connectivity index (χ0) is 6.83. The van der Waals surface area contributed by atoms with Crippen LogP contribution >= 0.6 is 0 Å². The molecule has 0 saturated heterocycles. The summed E-state index contributed by atoms with van der Waals surface area (Å²) in [5, 5.41) is 0. The van der Waals surface area contributed by atoms with Crippen LogP contribution in [0, 0.1) is 0 Å². The summed E-state index contributed by atoms with van der Waals surface area (Å²) < 4.78 is 0. The van der Waals surface area contributed by atoms with Crippen molar-refractivity contribution in [2.75, 3.05) is 26.2 Å². The third-order valence-electron chi connectivity index (χ3n) is 0.333. The molecule has 0 aromatic rings. The van der Waals surface area contributed by atoms with Crippen molar-refractivity contribution in [2.24, 2.45) is 22.9 Å². The molecule has 0 aliphatic rings. The molecule has 0 unspecified atom stereocenters. The Hall–Kier alpha value is 0.528. The Morgan fingerprint density at radius 3 is 0.667 bits per heavy atom. The van der Waals surface area contributed by atoms with E-state index in [4.69, 9.17) is 22.9 Å². The van der Waals surface area contributed by atoms with E-state index >= 15 is 0 Å². The third-order valence-corrected chi connectivity index (χ3v) is 0.333. The quantitative estimate of drug-likeness (QED) is 0.464. The van der Waals surface area contributed by atoms with Gasteiger partial charge in [-0.2, -0.15) is 0 Å². The van der Waals surface area contributed by atoms with E-state index in [1.807, 2.05) is 0 Å². The van der Waals surface area contributed by atoms with Gasteiger partial charge in [-0.15, -0.1) is 0 Å². The van der Waals surface area contributed by atoms with Crippen LogP contribution in [0.4, 0.5) is 0 Å². The molecule has 0 fully saturated rings. The van der Waals surface area contributed by atoms with Crippen molar-refractivity contribution in [3.8, 4) is 0 Å². The Morgan fingerprint density at radius 1 is 0.556 bits per heavy atom. The van der Waals surface area contributed by atoms with Gasteiger partial charge in [-0.1, -0.05) is 0 Å². The van der Waals surface area contributed by atoms with Crippen molar-refractivity contribution >= 4 is 0 Å². The molecule has 0 bridgehead atoms. The topological polar surface area (TPSA) is 104 Å². The predicted octanol–water partition coefficient (Wildman–Crippen LogP) is -2.19. The van der Waals surface area contributed by atoms with Crippen molar-refractivity contribution in [1.82, 2.24) is 0 Å². The smallest absolute Gasteiger partial charge is 0.00461 e. The van der Waals surface area contributed by atoms with Gasteiger partial charge in [-0.05, 0) is 0 Å². The summed E-state index contributed by atoms with van der Waals surface area (Å²) >= 11 is 0. The van der Waals surface area contributed by atoms with E-state index in [0.29, 0.717) is 26.2 Å². The second-order valence-corrected chi connectivity index (χ2v) is 1.15. The summed E-state index contributed by atoms with van der Waals surface area (Å²) in [6.45, 7) is 2.39. The maximum absolute atomic E-state index is 4.90. The second kappa shape index (κ2) is 23.6. The van der Waals surface area contributed by atoms with Gasteiger partial charge in [0.15, 0.2) is 0 Å². The molecular weight excluding hydrogens is 299 g/mol. The zero-order valence-electron chi connectivity index (χ0n) is 5.45. The first-order chi connectivity index (χ1) is 3.83. The molecule has 9 heavy (non-hydrogen) atoms. The summed E-state index contributed by atoms with van der Waals surface area (Å²) in [7, 11) is 0. The van der Waals surface area contributed by atoms with Crippen LogP contribution in [0.15, 0.2) is 0 Å². The van der Waals surface area contributed by atoms with E-state index in [-0.39, 0.29) is 21.1 Å². The summed E-state index contributed by atoms with van der Waals surface area (Å²) in [5.41, 5.74) is 19.6. The molecule has 0 atom stereocenters. The van der Waals surface area contributed by atoms with Crippen molar-refractivity contribution < 1.29 is 21.1 Å². The van der Waals surface area contributed by atoms with Crippen LogP contribution in [-0.2, 0) is 21.1 Å². The fraction of sp³-hybridized carbons (Fsp3) is 1.00. The van der Waals surface area contributed by atoms with Gasteiger partial charge in [-0.3, -0.25) is 0 Å². The van der Waals surface area contributed by atoms with Crippen LogP contribution in [0.1, 0.15) is 0 Å². The zero-order valence-corrected chi connectivity index (χ0v) is 7.73. The summed E-state index contributed by atoms with van der Waals surface area (Å²) in [6.07, 6.45) is 0. The Kier molecular flexibility index (Phi) is 42.6. The molecule has 62 valence electrons. The maximum Gasteiger partial charge on any atom is 0.00461 e. The summed E-state index contributed by atoms with van der Waals surface area (Å²) in [5.74, 6) is 0. The molecule has 0 aliphatic heterocycles. The molecule has 5 heteroatoms. The molecule has 0 rings (SSSR count). The first-order valence-electron chi connectivity index (χ1n) is 2.63. The van der Waals surface area contributed by atoms with E-state index in [1.54, 1.807) is 0 Å². The fourth-order valence-electron chi connectivity index (χ4n) is 0. The molecule has 0 saturated carbocycles. The van der Waals surface area contributed by atoms with Crippen molar-refractivity contribution in [1.29, 1.82) is 0 Å². The molecule has 0 radical (unpaired) electrons. The Balaban J connectivity index is -0.0000000720. The Bertz CT molecular complexity index is 20.5. The van der Waals surface area contributed by atoms with Crippen LogP contribution in [0.5, 0.6) is 0 Å². The van der Waals surface area contributed by atoms with E-state index in [1.165, 1.54) is 0 Å². The van der Waals surface area contributed by atoms with Gasteiger partial charge in [0, 0.05) is 47.2 Å². The average molecular weight is 315 g/mol. The van der Waals surface area contributed by atoms with Gasteiger partial charge < -0.3 is 22.9 Å². The van der Waals surface area contributed by atoms with Gasteiger partial charge in [-0.25, -0.2) is 0 Å². The molecule has 0 aromatic heterocycles. The summed E-state index contributed by atoms with van der Waals surface area (Å²) in [4.78, 5) is 0. The molecular formula is C4H16N4Pt. The van der Waals surface area contributed by atoms with E-state index in [9.17, 15) is 0 Å². The number of rotatable bonds is 2. The SMILES string of the molecule is NCCN.NCCN.[Pt]. The maximum atomic E-state index is 4.90. The van der Waals surface area contributed by atoms with Crippen LogP contribution in [-0.4, -0.2) is 26.2 Å². The standard InChI is InChI=1S/2C2H8N2.Pt/c2*3-1-2-4;/h2*1-4H2;. The molecule has 0 heterocycles. The molecule has 0 aliphatic carbocycles. The number of hydrogen-bond donors (Lipinski definition) is 4. The van der Waals surface area contributed by atoms with E-state index in [2.05, 4.69) is 0 Å². The minimum Gasteiger partial charge on any atom is -0.329 e. The first-order valence-corrected chi connectivity index (χ1v) is 2.63. The summed E-state index contributed by atoms with van der Waals surface area (Å²) in [6, 6.07) is 0. The first kappa shape index (κ1) is 16.3. The van der Waals surface area contributed by atoms with Crippen molar-refractivity contribution in [2.45, 2.75) is 0 Å². The molecule has 4 nitrogen and oxygen atoms in total. The van der Waals surface area contributed by atoms with Crippen LogP contribution in [0.25, 0.3) is 0 Å². The second-order valence-electron chi connectivity index (χ2n) is 1.15. The van der Waals surface area contributed by atoms with Gasteiger partial charge in [0.25, 0.3) is 0 Å². The molecule has 0 amide bonds. The third kappa shape index (κ3) is 56.9. The van der Waals surface area contributed by atoms with Crippen LogP contribution in [0.3, 0.4) is 0 Å². The van der Waals surface area contributed by atoms with Crippen LogP contribution in [0.2, 0.25) is 0 Å². The number of nitrogens with two attached hydrogens (primary N) is 4. The molecule has 0 spiro atoms. The van der Waals surface area contributed by atoms with E-state index < -0.39 is 0 Å². The number of hydrogen-bond acceptors (Lipinski definition) is 4.